The van der Waals surface area contributed by atoms with Crippen molar-refractivity contribution in [1.82, 2.24) is 5.32 Å². The quantitative estimate of drug-likeness (QED) is 0.792. The van der Waals surface area contributed by atoms with E-state index in [4.69, 9.17) is 0 Å². The van der Waals surface area contributed by atoms with Crippen molar-refractivity contribution < 1.29 is 9.90 Å². The Morgan fingerprint density at radius 2 is 2.16 bits per heavy atom. The zero-order valence-corrected chi connectivity index (χ0v) is 11.7. The molecule has 1 aromatic rings. The molecule has 1 aliphatic carbocycles. The summed E-state index contributed by atoms with van der Waals surface area (Å²) in [6.45, 7) is 4.72. The minimum absolute atomic E-state index is 0.381. The average molecular weight is 261 g/mol. The third kappa shape index (κ3) is 4.35. The van der Waals surface area contributed by atoms with Crippen molar-refractivity contribution in [2.75, 3.05) is 0 Å². The van der Waals surface area contributed by atoms with Gasteiger partial charge in [-0.2, -0.15) is 0 Å². The third-order valence-corrected chi connectivity index (χ3v) is 3.56. The number of hydrogen-bond acceptors (Lipinski definition) is 2. The molecule has 1 atom stereocenters. The third-order valence-electron chi connectivity index (χ3n) is 3.56. The molecule has 0 unspecified atom stereocenters. The molecule has 0 heterocycles. The molecule has 104 valence electrons. The highest BCUT2D eigenvalue weighted by Crippen LogP contribution is 2.40. The van der Waals surface area contributed by atoms with E-state index in [9.17, 15) is 9.90 Å². The molecular formula is C16H23NO2. The number of aliphatic carboxylic acids is 1. The Morgan fingerprint density at radius 3 is 2.74 bits per heavy atom. The Bertz CT molecular complexity index is 438. The number of carbonyl (C=O) groups is 1. The molecule has 2 rings (SSSR count). The molecule has 19 heavy (non-hydrogen) atoms. The van der Waals surface area contributed by atoms with Crippen molar-refractivity contribution in [3.05, 3.63) is 35.4 Å². The highest BCUT2D eigenvalue weighted by atomic mass is 16.4. The van der Waals surface area contributed by atoms with Crippen molar-refractivity contribution in [1.29, 1.82) is 0 Å². The lowest BCUT2D eigenvalue weighted by molar-refractivity contribution is -0.140. The van der Waals surface area contributed by atoms with Gasteiger partial charge in [-0.3, -0.25) is 4.79 Å². The van der Waals surface area contributed by atoms with Crippen LogP contribution in [0.3, 0.4) is 0 Å². The van der Waals surface area contributed by atoms with Gasteiger partial charge in [-0.05, 0) is 42.2 Å². The molecule has 0 aliphatic heterocycles. The van der Waals surface area contributed by atoms with E-state index in [-0.39, 0.29) is 0 Å². The first kappa shape index (κ1) is 14.1. The fourth-order valence-electron chi connectivity index (χ4n) is 2.36. The molecule has 3 heteroatoms. The smallest absolute Gasteiger partial charge is 0.320 e. The van der Waals surface area contributed by atoms with Crippen LogP contribution in [0.5, 0.6) is 0 Å². The fourth-order valence-corrected chi connectivity index (χ4v) is 2.36. The number of hydrogen-bond donors (Lipinski definition) is 2. The summed E-state index contributed by atoms with van der Waals surface area (Å²) in [7, 11) is 0. The lowest BCUT2D eigenvalue weighted by atomic mass is 10.0. The summed E-state index contributed by atoms with van der Waals surface area (Å²) in [6.07, 6.45) is 3.25. The zero-order chi connectivity index (χ0) is 13.8. The Labute approximate surface area is 115 Å². The Kier molecular flexibility index (Phi) is 4.59. The largest absolute Gasteiger partial charge is 0.480 e. The molecule has 0 spiro atoms. The maximum atomic E-state index is 11.2. The van der Waals surface area contributed by atoms with Crippen molar-refractivity contribution >= 4 is 5.97 Å². The van der Waals surface area contributed by atoms with Crippen LogP contribution in [0.1, 0.15) is 50.2 Å². The lowest BCUT2D eigenvalue weighted by Crippen LogP contribution is -2.37. The van der Waals surface area contributed by atoms with Crippen molar-refractivity contribution in [2.24, 2.45) is 5.92 Å². The van der Waals surface area contributed by atoms with Crippen molar-refractivity contribution in [3.63, 3.8) is 0 Å². The normalized spacial score (nSPS) is 16.6. The second-order valence-electron chi connectivity index (χ2n) is 5.92. The molecule has 0 amide bonds. The second-order valence-corrected chi connectivity index (χ2v) is 5.92. The van der Waals surface area contributed by atoms with Crippen molar-refractivity contribution in [2.45, 2.75) is 51.6 Å². The van der Waals surface area contributed by atoms with E-state index in [1.807, 2.05) is 13.8 Å². The molecule has 0 bridgehead atoms. The number of rotatable bonds is 7. The van der Waals surface area contributed by atoms with Gasteiger partial charge in [0.1, 0.15) is 6.04 Å². The van der Waals surface area contributed by atoms with E-state index < -0.39 is 12.0 Å². The minimum atomic E-state index is -0.757. The summed E-state index contributed by atoms with van der Waals surface area (Å²) in [5.74, 6) is 0.365. The van der Waals surface area contributed by atoms with E-state index in [0.717, 1.165) is 5.92 Å². The monoisotopic (exact) mass is 261 g/mol. The first-order valence-electron chi connectivity index (χ1n) is 7.11. The number of benzene rings is 1. The van der Waals surface area contributed by atoms with E-state index in [1.165, 1.54) is 24.0 Å². The minimum Gasteiger partial charge on any atom is -0.480 e. The number of carboxylic acids is 1. The summed E-state index contributed by atoms with van der Waals surface area (Å²) >= 11 is 0. The van der Waals surface area contributed by atoms with Gasteiger partial charge in [0.05, 0.1) is 0 Å². The fraction of sp³-hybridized carbons (Fsp3) is 0.562. The van der Waals surface area contributed by atoms with Gasteiger partial charge >= 0.3 is 5.97 Å². The summed E-state index contributed by atoms with van der Waals surface area (Å²) < 4.78 is 0. The number of nitrogens with one attached hydrogen (secondary N) is 1. The van der Waals surface area contributed by atoms with Crippen LogP contribution in [0.2, 0.25) is 0 Å². The SMILES string of the molecule is CC(C)C[C@H](NCc1cccc(C2CC2)c1)C(=O)O. The summed E-state index contributed by atoms with van der Waals surface area (Å²) in [4.78, 5) is 11.2. The van der Waals surface area contributed by atoms with Gasteiger partial charge in [-0.15, -0.1) is 0 Å². The molecule has 1 aromatic carbocycles. The van der Waals surface area contributed by atoms with Crippen LogP contribution >= 0.6 is 0 Å². The van der Waals surface area contributed by atoms with Crippen LogP contribution in [0.15, 0.2) is 24.3 Å². The maximum absolute atomic E-state index is 11.2. The Morgan fingerprint density at radius 1 is 1.42 bits per heavy atom. The molecule has 1 saturated carbocycles. The van der Waals surface area contributed by atoms with Gasteiger partial charge in [0, 0.05) is 6.54 Å². The molecule has 1 fully saturated rings. The molecule has 0 radical (unpaired) electrons. The van der Waals surface area contributed by atoms with E-state index in [0.29, 0.717) is 18.9 Å². The van der Waals surface area contributed by atoms with Crippen LogP contribution in [-0.2, 0) is 11.3 Å². The topological polar surface area (TPSA) is 49.3 Å². The molecule has 1 aliphatic rings. The predicted octanol–water partition coefficient (Wildman–Crippen LogP) is 3.15. The molecule has 2 N–H and O–H groups in total. The first-order chi connectivity index (χ1) is 9.06. The van der Waals surface area contributed by atoms with E-state index in [2.05, 4.69) is 29.6 Å². The molecule has 0 aromatic heterocycles. The summed E-state index contributed by atoms with van der Waals surface area (Å²) in [5.41, 5.74) is 2.58. The summed E-state index contributed by atoms with van der Waals surface area (Å²) in [6, 6.07) is 8.06. The van der Waals surface area contributed by atoms with Crippen molar-refractivity contribution in [3.8, 4) is 0 Å². The average Bonchev–Trinajstić information content (AvgIpc) is 3.18. The Hall–Kier alpha value is -1.35. The van der Waals surface area contributed by atoms with Gasteiger partial charge in [0.15, 0.2) is 0 Å². The lowest BCUT2D eigenvalue weighted by Gasteiger charge is -2.16. The maximum Gasteiger partial charge on any atom is 0.320 e. The van der Waals surface area contributed by atoms with Gasteiger partial charge in [0.2, 0.25) is 0 Å². The second kappa shape index (κ2) is 6.20. The van der Waals surface area contributed by atoms with Crippen LogP contribution in [-0.4, -0.2) is 17.1 Å². The van der Waals surface area contributed by atoms with E-state index >= 15 is 0 Å². The molecule has 0 saturated heterocycles. The van der Waals surface area contributed by atoms with Crippen LogP contribution < -0.4 is 5.32 Å². The van der Waals surface area contributed by atoms with Gasteiger partial charge in [-0.25, -0.2) is 0 Å². The van der Waals surface area contributed by atoms with Crippen LogP contribution in [0.4, 0.5) is 0 Å². The van der Waals surface area contributed by atoms with Gasteiger partial charge < -0.3 is 10.4 Å². The predicted molar refractivity (Wildman–Crippen MR) is 76.1 cm³/mol. The molecule has 3 nitrogen and oxygen atoms in total. The standard InChI is InChI=1S/C16H23NO2/c1-11(2)8-15(16(18)19)17-10-12-4-3-5-14(9-12)13-6-7-13/h3-5,9,11,13,15,17H,6-8,10H2,1-2H3,(H,18,19)/t15-/m0/s1. The zero-order valence-electron chi connectivity index (χ0n) is 11.7. The highest BCUT2D eigenvalue weighted by molar-refractivity contribution is 5.73. The highest BCUT2D eigenvalue weighted by Gasteiger charge is 2.23. The molecular weight excluding hydrogens is 238 g/mol. The Balaban J connectivity index is 1.92. The van der Waals surface area contributed by atoms with Crippen LogP contribution in [0.25, 0.3) is 0 Å². The first-order valence-corrected chi connectivity index (χ1v) is 7.11. The summed E-state index contributed by atoms with van der Waals surface area (Å²) in [5, 5.41) is 12.3. The van der Waals surface area contributed by atoms with E-state index in [1.54, 1.807) is 0 Å². The van der Waals surface area contributed by atoms with Gasteiger partial charge in [0.25, 0.3) is 0 Å². The van der Waals surface area contributed by atoms with Gasteiger partial charge in [-0.1, -0.05) is 38.1 Å². The number of carboxylic acid groups (broad SMARTS) is 1. The van der Waals surface area contributed by atoms with Crippen LogP contribution in [0, 0.1) is 5.92 Å².